The molecule has 0 radical (unpaired) electrons. The summed E-state index contributed by atoms with van der Waals surface area (Å²) < 4.78 is 0. The molecule has 1 N–H and O–H groups in total. The number of nitrogens with zero attached hydrogens (tertiary/aromatic N) is 1. The van der Waals surface area contributed by atoms with Gasteiger partial charge in [-0.2, -0.15) is 0 Å². The molecule has 0 aliphatic carbocycles. The maximum absolute atomic E-state index is 11.8. The molecule has 4 heteroatoms. The second kappa shape index (κ2) is 6.79. The van der Waals surface area contributed by atoms with Crippen LogP contribution in [-0.4, -0.2) is 25.4 Å². The summed E-state index contributed by atoms with van der Waals surface area (Å²) in [5.41, 5.74) is 0.820. The molecule has 1 rings (SSSR count). The van der Waals surface area contributed by atoms with Crippen molar-refractivity contribution in [3.8, 4) is 0 Å². The first-order valence-corrected chi connectivity index (χ1v) is 6.09. The van der Waals surface area contributed by atoms with E-state index in [-0.39, 0.29) is 18.4 Å². The van der Waals surface area contributed by atoms with Crippen molar-refractivity contribution in [1.29, 1.82) is 0 Å². The lowest BCUT2D eigenvalue weighted by atomic mass is 10.1. The number of anilines is 1. The Morgan fingerprint density at radius 2 is 1.83 bits per heavy atom. The largest absolute Gasteiger partial charge is 0.347 e. The second-order valence-corrected chi connectivity index (χ2v) is 4.66. The van der Waals surface area contributed by atoms with Crippen molar-refractivity contribution < 1.29 is 9.59 Å². The summed E-state index contributed by atoms with van der Waals surface area (Å²) in [5, 5.41) is 2.63. The van der Waals surface area contributed by atoms with Gasteiger partial charge in [0.15, 0.2) is 0 Å². The lowest BCUT2D eigenvalue weighted by molar-refractivity contribution is -0.125. The van der Waals surface area contributed by atoms with Crippen LogP contribution in [0.5, 0.6) is 0 Å². The Balaban J connectivity index is 2.44. The highest BCUT2D eigenvalue weighted by atomic mass is 16.2. The van der Waals surface area contributed by atoms with Gasteiger partial charge in [0, 0.05) is 19.2 Å². The molecule has 0 unspecified atom stereocenters. The van der Waals surface area contributed by atoms with Crippen LogP contribution in [0.1, 0.15) is 20.3 Å². The predicted molar refractivity (Wildman–Crippen MR) is 72.3 cm³/mol. The van der Waals surface area contributed by atoms with E-state index in [1.54, 1.807) is 7.05 Å². The van der Waals surface area contributed by atoms with Crippen LogP contribution in [0.2, 0.25) is 0 Å². The highest BCUT2D eigenvalue weighted by Crippen LogP contribution is 2.10. The highest BCUT2D eigenvalue weighted by Gasteiger charge is 2.12. The summed E-state index contributed by atoms with van der Waals surface area (Å²) in [6, 6.07) is 9.35. The summed E-state index contributed by atoms with van der Waals surface area (Å²) in [4.78, 5) is 24.8. The van der Waals surface area contributed by atoms with Gasteiger partial charge in [-0.05, 0) is 18.1 Å². The SMILES string of the molecule is CC(C)CC(=O)NCC(=O)N(C)c1ccccc1. The number of hydrogen-bond acceptors (Lipinski definition) is 2. The van der Waals surface area contributed by atoms with Crippen molar-refractivity contribution >= 4 is 17.5 Å². The van der Waals surface area contributed by atoms with Crippen LogP contribution in [0.15, 0.2) is 30.3 Å². The molecule has 0 saturated heterocycles. The number of likely N-dealkylation sites (N-methyl/N-ethyl adjacent to an activating group) is 1. The molecule has 0 spiro atoms. The van der Waals surface area contributed by atoms with Gasteiger partial charge in [-0.1, -0.05) is 32.0 Å². The van der Waals surface area contributed by atoms with Crippen molar-refractivity contribution in [3.05, 3.63) is 30.3 Å². The molecule has 0 atom stereocenters. The zero-order valence-corrected chi connectivity index (χ0v) is 11.1. The van der Waals surface area contributed by atoms with Crippen LogP contribution in [0.3, 0.4) is 0 Å². The average Bonchev–Trinajstić information content (AvgIpc) is 2.35. The molecule has 1 aromatic carbocycles. The van der Waals surface area contributed by atoms with Gasteiger partial charge in [0.2, 0.25) is 11.8 Å². The molecule has 0 aliphatic rings. The molecule has 0 aliphatic heterocycles. The first-order chi connectivity index (χ1) is 8.50. The summed E-state index contributed by atoms with van der Waals surface area (Å²) in [6.07, 6.45) is 0.447. The molecule has 98 valence electrons. The van der Waals surface area contributed by atoms with Crippen LogP contribution in [0.4, 0.5) is 5.69 Å². The maximum atomic E-state index is 11.8. The normalized spacial score (nSPS) is 10.2. The third kappa shape index (κ3) is 4.57. The van der Waals surface area contributed by atoms with E-state index in [1.807, 2.05) is 44.2 Å². The van der Waals surface area contributed by atoms with Crippen molar-refractivity contribution in [2.75, 3.05) is 18.5 Å². The lowest BCUT2D eigenvalue weighted by Crippen LogP contribution is -2.38. The molecule has 0 bridgehead atoms. The van der Waals surface area contributed by atoms with Crippen molar-refractivity contribution in [1.82, 2.24) is 5.32 Å². The van der Waals surface area contributed by atoms with Crippen LogP contribution in [-0.2, 0) is 9.59 Å². The van der Waals surface area contributed by atoms with Crippen LogP contribution in [0.25, 0.3) is 0 Å². The van der Waals surface area contributed by atoms with Gasteiger partial charge in [-0.25, -0.2) is 0 Å². The van der Waals surface area contributed by atoms with Crippen molar-refractivity contribution in [2.24, 2.45) is 5.92 Å². The molecule has 0 heterocycles. The fourth-order valence-corrected chi connectivity index (χ4v) is 1.53. The third-order valence-electron chi connectivity index (χ3n) is 2.55. The van der Waals surface area contributed by atoms with Gasteiger partial charge in [0.25, 0.3) is 0 Å². The molecule has 0 saturated carbocycles. The van der Waals surface area contributed by atoms with E-state index >= 15 is 0 Å². The summed E-state index contributed by atoms with van der Waals surface area (Å²) >= 11 is 0. The molecule has 1 aromatic rings. The van der Waals surface area contributed by atoms with Crippen LogP contribution >= 0.6 is 0 Å². The van der Waals surface area contributed by atoms with Gasteiger partial charge in [-0.15, -0.1) is 0 Å². The molecule has 18 heavy (non-hydrogen) atoms. The van der Waals surface area contributed by atoms with E-state index in [0.29, 0.717) is 12.3 Å². The van der Waals surface area contributed by atoms with Crippen molar-refractivity contribution in [3.63, 3.8) is 0 Å². The minimum Gasteiger partial charge on any atom is -0.347 e. The molecular formula is C14H20N2O2. The predicted octanol–water partition coefficient (Wildman–Crippen LogP) is 1.81. The van der Waals surface area contributed by atoms with Crippen LogP contribution in [0, 0.1) is 5.92 Å². The first-order valence-electron chi connectivity index (χ1n) is 6.09. The number of amides is 2. The fourth-order valence-electron chi connectivity index (χ4n) is 1.53. The molecule has 0 aromatic heterocycles. The van der Waals surface area contributed by atoms with E-state index in [2.05, 4.69) is 5.32 Å². The topological polar surface area (TPSA) is 49.4 Å². The smallest absolute Gasteiger partial charge is 0.246 e. The Morgan fingerprint density at radius 3 is 2.39 bits per heavy atom. The van der Waals surface area contributed by atoms with E-state index in [0.717, 1.165) is 5.69 Å². The van der Waals surface area contributed by atoms with E-state index in [4.69, 9.17) is 0 Å². The molecular weight excluding hydrogens is 228 g/mol. The van der Waals surface area contributed by atoms with Crippen LogP contribution < -0.4 is 10.2 Å². The van der Waals surface area contributed by atoms with E-state index in [1.165, 1.54) is 4.90 Å². The minimum absolute atomic E-state index is 0.0386. The number of para-hydroxylation sites is 1. The quantitative estimate of drug-likeness (QED) is 0.864. The Morgan fingerprint density at radius 1 is 1.22 bits per heavy atom. The standard InChI is InChI=1S/C14H20N2O2/c1-11(2)9-13(17)15-10-14(18)16(3)12-7-5-4-6-8-12/h4-8,11H,9-10H2,1-3H3,(H,15,17). The monoisotopic (exact) mass is 248 g/mol. The zero-order valence-electron chi connectivity index (χ0n) is 11.1. The van der Waals surface area contributed by atoms with Crippen molar-refractivity contribution in [2.45, 2.75) is 20.3 Å². The van der Waals surface area contributed by atoms with E-state index < -0.39 is 0 Å². The summed E-state index contributed by atoms with van der Waals surface area (Å²) in [7, 11) is 1.70. The fraction of sp³-hybridized carbons (Fsp3) is 0.429. The zero-order chi connectivity index (χ0) is 13.5. The summed E-state index contributed by atoms with van der Waals surface area (Å²) in [5.74, 6) is 0.0880. The highest BCUT2D eigenvalue weighted by molar-refractivity contribution is 5.96. The number of carbonyl (C=O) groups excluding carboxylic acids is 2. The summed E-state index contributed by atoms with van der Waals surface area (Å²) in [6.45, 7) is 3.98. The van der Waals surface area contributed by atoms with Gasteiger partial charge < -0.3 is 10.2 Å². The lowest BCUT2D eigenvalue weighted by Gasteiger charge is -2.17. The Hall–Kier alpha value is -1.84. The van der Waals surface area contributed by atoms with Gasteiger partial charge >= 0.3 is 0 Å². The Bertz CT molecular complexity index is 402. The number of nitrogens with one attached hydrogen (secondary N) is 1. The second-order valence-electron chi connectivity index (χ2n) is 4.66. The Kier molecular flexibility index (Phi) is 5.36. The van der Waals surface area contributed by atoms with E-state index in [9.17, 15) is 9.59 Å². The van der Waals surface area contributed by atoms with Gasteiger partial charge in [-0.3, -0.25) is 9.59 Å². The van der Waals surface area contributed by atoms with Gasteiger partial charge in [0.05, 0.1) is 6.54 Å². The first kappa shape index (κ1) is 14.2. The molecule has 4 nitrogen and oxygen atoms in total. The third-order valence-corrected chi connectivity index (χ3v) is 2.55. The maximum Gasteiger partial charge on any atom is 0.246 e. The molecule has 0 fully saturated rings. The number of rotatable bonds is 5. The minimum atomic E-state index is -0.127. The molecule has 2 amide bonds. The number of hydrogen-bond donors (Lipinski definition) is 1. The van der Waals surface area contributed by atoms with Gasteiger partial charge in [0.1, 0.15) is 0 Å². The number of carbonyl (C=O) groups is 2. The average molecular weight is 248 g/mol. The number of benzene rings is 1. The Labute approximate surface area is 108 Å².